The third kappa shape index (κ3) is 2.98. The summed E-state index contributed by atoms with van der Waals surface area (Å²) in [6.45, 7) is 4.48. The van der Waals surface area contributed by atoms with Crippen molar-refractivity contribution in [1.29, 1.82) is 0 Å². The van der Waals surface area contributed by atoms with Crippen molar-refractivity contribution in [2.24, 2.45) is 17.1 Å². The monoisotopic (exact) mass is 199 g/mol. The van der Waals surface area contributed by atoms with Crippen LogP contribution in [0.3, 0.4) is 0 Å². The molecule has 1 aliphatic rings. The molecular formula is C11H21NO2. The highest BCUT2D eigenvalue weighted by Gasteiger charge is 2.34. The van der Waals surface area contributed by atoms with Gasteiger partial charge in [-0.25, -0.2) is 0 Å². The molecule has 1 aliphatic carbocycles. The van der Waals surface area contributed by atoms with E-state index in [2.05, 4.69) is 18.6 Å². The third-order valence-electron chi connectivity index (χ3n) is 3.23. The van der Waals surface area contributed by atoms with Gasteiger partial charge in [0, 0.05) is 12.5 Å². The maximum atomic E-state index is 11.2. The molecule has 0 heterocycles. The minimum atomic E-state index is -0.136. The SMILES string of the molecule is COC(=O)CC1CC(C)(C)CCC1N. The van der Waals surface area contributed by atoms with Crippen molar-refractivity contribution >= 4 is 5.97 Å². The van der Waals surface area contributed by atoms with E-state index in [-0.39, 0.29) is 12.0 Å². The molecule has 82 valence electrons. The van der Waals surface area contributed by atoms with Crippen LogP contribution in [0.2, 0.25) is 0 Å². The second-order valence-electron chi connectivity index (χ2n) is 5.11. The van der Waals surface area contributed by atoms with E-state index in [1.54, 1.807) is 0 Å². The zero-order valence-corrected chi connectivity index (χ0v) is 9.38. The van der Waals surface area contributed by atoms with Crippen molar-refractivity contribution < 1.29 is 9.53 Å². The standard InChI is InChI=1S/C11H21NO2/c1-11(2)5-4-9(12)8(7-11)6-10(13)14-3/h8-9H,4-7,12H2,1-3H3. The zero-order valence-electron chi connectivity index (χ0n) is 9.38. The summed E-state index contributed by atoms with van der Waals surface area (Å²) in [6, 6.07) is 0.169. The van der Waals surface area contributed by atoms with Gasteiger partial charge in [0.1, 0.15) is 0 Å². The van der Waals surface area contributed by atoms with Gasteiger partial charge in [-0.15, -0.1) is 0 Å². The highest BCUT2D eigenvalue weighted by molar-refractivity contribution is 5.69. The minimum Gasteiger partial charge on any atom is -0.469 e. The summed E-state index contributed by atoms with van der Waals surface area (Å²) >= 11 is 0. The number of methoxy groups -OCH3 is 1. The first-order valence-electron chi connectivity index (χ1n) is 5.27. The maximum Gasteiger partial charge on any atom is 0.305 e. The number of rotatable bonds is 2. The zero-order chi connectivity index (χ0) is 10.8. The average Bonchev–Trinajstić information content (AvgIpc) is 2.11. The smallest absolute Gasteiger partial charge is 0.305 e. The Labute approximate surface area is 86.0 Å². The van der Waals surface area contributed by atoms with Crippen LogP contribution >= 0.6 is 0 Å². The van der Waals surface area contributed by atoms with Crippen LogP contribution < -0.4 is 5.73 Å². The molecule has 14 heavy (non-hydrogen) atoms. The van der Waals surface area contributed by atoms with Gasteiger partial charge in [0.05, 0.1) is 7.11 Å². The maximum absolute atomic E-state index is 11.2. The van der Waals surface area contributed by atoms with Crippen LogP contribution in [-0.4, -0.2) is 19.1 Å². The number of carbonyl (C=O) groups excluding carboxylic acids is 1. The van der Waals surface area contributed by atoms with E-state index in [0.29, 0.717) is 17.8 Å². The first kappa shape index (κ1) is 11.5. The Hall–Kier alpha value is -0.570. The highest BCUT2D eigenvalue weighted by Crippen LogP contribution is 2.39. The van der Waals surface area contributed by atoms with E-state index >= 15 is 0 Å². The first-order valence-corrected chi connectivity index (χ1v) is 5.27. The number of hydrogen-bond acceptors (Lipinski definition) is 3. The third-order valence-corrected chi connectivity index (χ3v) is 3.23. The van der Waals surface area contributed by atoms with Crippen molar-refractivity contribution in [3.05, 3.63) is 0 Å². The normalized spacial score (nSPS) is 31.1. The van der Waals surface area contributed by atoms with E-state index in [4.69, 9.17) is 5.73 Å². The molecule has 0 saturated heterocycles. The number of carbonyl (C=O) groups is 1. The topological polar surface area (TPSA) is 52.3 Å². The van der Waals surface area contributed by atoms with E-state index in [1.165, 1.54) is 7.11 Å². The predicted octanol–water partition coefficient (Wildman–Crippen LogP) is 1.70. The Morgan fingerprint density at radius 1 is 1.57 bits per heavy atom. The lowest BCUT2D eigenvalue weighted by molar-refractivity contribution is -0.142. The molecule has 0 aromatic rings. The minimum absolute atomic E-state index is 0.136. The molecule has 2 N–H and O–H groups in total. The van der Waals surface area contributed by atoms with Gasteiger partial charge in [-0.2, -0.15) is 0 Å². The summed E-state index contributed by atoms with van der Waals surface area (Å²) in [5, 5.41) is 0. The number of esters is 1. The fourth-order valence-corrected chi connectivity index (χ4v) is 2.28. The van der Waals surface area contributed by atoms with Crippen LogP contribution in [0.4, 0.5) is 0 Å². The molecule has 0 aromatic carbocycles. The summed E-state index contributed by atoms with van der Waals surface area (Å²) in [5.74, 6) is 0.161. The van der Waals surface area contributed by atoms with Crippen molar-refractivity contribution in [3.63, 3.8) is 0 Å². The molecule has 2 unspecified atom stereocenters. The molecule has 0 spiro atoms. The van der Waals surface area contributed by atoms with Gasteiger partial charge < -0.3 is 10.5 Å². The fourth-order valence-electron chi connectivity index (χ4n) is 2.28. The molecule has 0 radical (unpaired) electrons. The van der Waals surface area contributed by atoms with Crippen LogP contribution in [0.15, 0.2) is 0 Å². The van der Waals surface area contributed by atoms with Crippen molar-refractivity contribution in [3.8, 4) is 0 Å². The van der Waals surface area contributed by atoms with Crippen LogP contribution in [0, 0.1) is 11.3 Å². The molecule has 0 aromatic heterocycles. The number of ether oxygens (including phenoxy) is 1. The predicted molar refractivity (Wildman–Crippen MR) is 55.7 cm³/mol. The van der Waals surface area contributed by atoms with E-state index in [1.807, 2.05) is 0 Å². The second-order valence-corrected chi connectivity index (χ2v) is 5.11. The lowest BCUT2D eigenvalue weighted by Gasteiger charge is -2.38. The van der Waals surface area contributed by atoms with Gasteiger partial charge in [-0.3, -0.25) is 4.79 Å². The Balaban J connectivity index is 2.53. The summed E-state index contributed by atoms with van der Waals surface area (Å²) in [6.07, 6.45) is 3.69. The highest BCUT2D eigenvalue weighted by atomic mass is 16.5. The molecule has 0 amide bonds. The second kappa shape index (κ2) is 4.30. The molecule has 1 saturated carbocycles. The molecule has 0 aliphatic heterocycles. The van der Waals surface area contributed by atoms with Crippen molar-refractivity contribution in [2.45, 2.75) is 45.6 Å². The van der Waals surface area contributed by atoms with Crippen LogP contribution in [0.1, 0.15) is 39.5 Å². The Morgan fingerprint density at radius 2 is 2.21 bits per heavy atom. The summed E-state index contributed by atoms with van der Waals surface area (Å²) < 4.78 is 4.67. The van der Waals surface area contributed by atoms with Crippen LogP contribution in [-0.2, 0) is 9.53 Å². The molecule has 2 atom stereocenters. The van der Waals surface area contributed by atoms with Gasteiger partial charge in [0.15, 0.2) is 0 Å². The molecular weight excluding hydrogens is 178 g/mol. The summed E-state index contributed by atoms with van der Waals surface area (Å²) in [7, 11) is 1.43. The Kier molecular flexibility index (Phi) is 3.53. The van der Waals surface area contributed by atoms with E-state index in [0.717, 1.165) is 19.3 Å². The summed E-state index contributed by atoms with van der Waals surface area (Å²) in [5.41, 5.74) is 6.32. The van der Waals surface area contributed by atoms with Gasteiger partial charge in [0.25, 0.3) is 0 Å². The van der Waals surface area contributed by atoms with Crippen LogP contribution in [0.25, 0.3) is 0 Å². The number of nitrogens with two attached hydrogens (primary N) is 1. The number of hydrogen-bond donors (Lipinski definition) is 1. The van der Waals surface area contributed by atoms with Gasteiger partial charge >= 0.3 is 5.97 Å². The van der Waals surface area contributed by atoms with E-state index < -0.39 is 0 Å². The van der Waals surface area contributed by atoms with Crippen LogP contribution in [0.5, 0.6) is 0 Å². The molecule has 0 bridgehead atoms. The van der Waals surface area contributed by atoms with Crippen molar-refractivity contribution in [2.75, 3.05) is 7.11 Å². The Morgan fingerprint density at radius 3 is 2.79 bits per heavy atom. The lowest BCUT2D eigenvalue weighted by Crippen LogP contribution is -2.40. The molecule has 3 heteroatoms. The average molecular weight is 199 g/mol. The molecule has 1 fully saturated rings. The van der Waals surface area contributed by atoms with Gasteiger partial charge in [0.2, 0.25) is 0 Å². The lowest BCUT2D eigenvalue weighted by atomic mass is 9.69. The van der Waals surface area contributed by atoms with Gasteiger partial charge in [-0.1, -0.05) is 13.8 Å². The largest absolute Gasteiger partial charge is 0.469 e. The van der Waals surface area contributed by atoms with Gasteiger partial charge in [-0.05, 0) is 30.6 Å². The summed E-state index contributed by atoms with van der Waals surface area (Å²) in [4.78, 5) is 11.2. The fraction of sp³-hybridized carbons (Fsp3) is 0.909. The molecule has 1 rings (SSSR count). The van der Waals surface area contributed by atoms with Crippen molar-refractivity contribution in [1.82, 2.24) is 0 Å². The quantitative estimate of drug-likeness (QED) is 0.689. The molecule has 3 nitrogen and oxygen atoms in total. The first-order chi connectivity index (χ1) is 6.44. The Bertz CT molecular complexity index is 213. The van der Waals surface area contributed by atoms with E-state index in [9.17, 15) is 4.79 Å².